The van der Waals surface area contributed by atoms with Crippen molar-refractivity contribution in [2.24, 2.45) is 5.41 Å². The van der Waals surface area contributed by atoms with Crippen molar-refractivity contribution in [2.45, 2.75) is 58.9 Å². The van der Waals surface area contributed by atoms with Crippen molar-refractivity contribution in [3.8, 4) is 0 Å². The Morgan fingerprint density at radius 3 is 2.90 bits per heavy atom. The number of nitrogens with zero attached hydrogens (tertiary/aromatic N) is 1. The van der Waals surface area contributed by atoms with Gasteiger partial charge >= 0.3 is 0 Å². The zero-order chi connectivity index (χ0) is 14.8. The average Bonchev–Trinajstić information content (AvgIpc) is 2.93. The molecule has 1 aromatic heterocycles. The highest BCUT2D eigenvalue weighted by atomic mass is 16.3. The van der Waals surface area contributed by atoms with Crippen molar-refractivity contribution in [3.05, 3.63) is 17.0 Å². The Morgan fingerprint density at radius 1 is 1.55 bits per heavy atom. The lowest BCUT2D eigenvalue weighted by Gasteiger charge is -2.30. The van der Waals surface area contributed by atoms with E-state index in [-0.39, 0.29) is 24.0 Å². The van der Waals surface area contributed by atoms with Crippen molar-refractivity contribution in [1.82, 2.24) is 15.5 Å². The molecule has 1 aliphatic carbocycles. The number of aromatic amines is 1. The van der Waals surface area contributed by atoms with Gasteiger partial charge in [-0.1, -0.05) is 13.3 Å². The molecule has 112 valence electrons. The molecule has 0 bridgehead atoms. The van der Waals surface area contributed by atoms with Crippen LogP contribution in [0.4, 0.5) is 0 Å². The third-order valence-electron chi connectivity index (χ3n) is 4.66. The van der Waals surface area contributed by atoms with E-state index in [0.717, 1.165) is 36.2 Å². The molecule has 1 heterocycles. The Morgan fingerprint density at radius 2 is 2.30 bits per heavy atom. The van der Waals surface area contributed by atoms with Crippen LogP contribution in [0.5, 0.6) is 0 Å². The van der Waals surface area contributed by atoms with Crippen molar-refractivity contribution >= 4 is 5.91 Å². The zero-order valence-electron chi connectivity index (χ0n) is 12.6. The van der Waals surface area contributed by atoms with E-state index >= 15 is 0 Å². The predicted molar refractivity (Wildman–Crippen MR) is 77.4 cm³/mol. The van der Waals surface area contributed by atoms with Gasteiger partial charge in [-0.2, -0.15) is 5.10 Å². The normalized spacial score (nSPS) is 25.9. The van der Waals surface area contributed by atoms with Crippen LogP contribution in [0.2, 0.25) is 0 Å². The number of hydrogen-bond acceptors (Lipinski definition) is 3. The van der Waals surface area contributed by atoms with Crippen LogP contribution in [-0.4, -0.2) is 33.9 Å². The fourth-order valence-corrected chi connectivity index (χ4v) is 3.12. The van der Waals surface area contributed by atoms with E-state index in [9.17, 15) is 9.90 Å². The Kier molecular flexibility index (Phi) is 4.48. The quantitative estimate of drug-likeness (QED) is 0.766. The van der Waals surface area contributed by atoms with Gasteiger partial charge < -0.3 is 10.4 Å². The molecule has 1 aromatic rings. The maximum Gasteiger partial charge on any atom is 0.220 e. The van der Waals surface area contributed by atoms with Crippen LogP contribution >= 0.6 is 0 Å². The van der Waals surface area contributed by atoms with Crippen LogP contribution in [0.1, 0.15) is 49.6 Å². The molecule has 5 heteroatoms. The molecule has 1 saturated carbocycles. The van der Waals surface area contributed by atoms with E-state index in [1.54, 1.807) is 0 Å². The molecule has 0 saturated heterocycles. The summed E-state index contributed by atoms with van der Waals surface area (Å²) in [4.78, 5) is 12.1. The SMILES string of the molecule is Cc1n[nH]c(C)c1CCC(=O)NC1CCCC1(C)CO. The standard InChI is InChI=1S/C15H25N3O2/c1-10-12(11(2)18-17-10)6-7-14(20)16-13-5-4-8-15(13,3)9-19/h13,19H,4-9H2,1-3H3,(H,16,20)(H,17,18). The summed E-state index contributed by atoms with van der Waals surface area (Å²) in [6.07, 6.45) is 4.20. The molecule has 2 atom stereocenters. The second-order valence-electron chi connectivity index (χ2n) is 6.24. The second kappa shape index (κ2) is 5.95. The van der Waals surface area contributed by atoms with Gasteiger partial charge in [-0.3, -0.25) is 9.89 Å². The number of H-pyrrole nitrogens is 1. The molecule has 0 spiro atoms. The molecule has 5 nitrogen and oxygen atoms in total. The van der Waals surface area contributed by atoms with Crippen LogP contribution in [-0.2, 0) is 11.2 Å². The minimum atomic E-state index is -0.156. The van der Waals surface area contributed by atoms with Crippen LogP contribution < -0.4 is 5.32 Å². The minimum absolute atomic E-state index is 0.0663. The summed E-state index contributed by atoms with van der Waals surface area (Å²) in [6.45, 7) is 6.12. The van der Waals surface area contributed by atoms with Crippen LogP contribution in [0.25, 0.3) is 0 Å². The monoisotopic (exact) mass is 279 g/mol. The lowest BCUT2D eigenvalue weighted by Crippen LogP contribution is -2.44. The average molecular weight is 279 g/mol. The highest BCUT2D eigenvalue weighted by Gasteiger charge is 2.38. The highest BCUT2D eigenvalue weighted by molar-refractivity contribution is 5.76. The molecule has 20 heavy (non-hydrogen) atoms. The van der Waals surface area contributed by atoms with E-state index in [0.29, 0.717) is 12.8 Å². The zero-order valence-corrected chi connectivity index (χ0v) is 12.6. The predicted octanol–water partition coefficient (Wildman–Crippen LogP) is 1.63. The maximum absolute atomic E-state index is 12.1. The molecule has 2 rings (SSSR count). The van der Waals surface area contributed by atoms with Gasteiger partial charge in [-0.05, 0) is 38.7 Å². The summed E-state index contributed by atoms with van der Waals surface area (Å²) in [5.41, 5.74) is 2.99. The van der Waals surface area contributed by atoms with Gasteiger partial charge in [-0.25, -0.2) is 0 Å². The number of nitrogens with one attached hydrogen (secondary N) is 2. The summed E-state index contributed by atoms with van der Waals surface area (Å²) in [6, 6.07) is 0.103. The largest absolute Gasteiger partial charge is 0.396 e. The fraction of sp³-hybridized carbons (Fsp3) is 0.733. The van der Waals surface area contributed by atoms with Crippen LogP contribution in [0, 0.1) is 19.3 Å². The first-order valence-corrected chi connectivity index (χ1v) is 7.37. The summed E-state index contributed by atoms with van der Waals surface area (Å²) in [5, 5.41) is 19.7. The number of aliphatic hydroxyl groups excluding tert-OH is 1. The summed E-state index contributed by atoms with van der Waals surface area (Å²) in [7, 11) is 0. The van der Waals surface area contributed by atoms with Gasteiger partial charge in [0, 0.05) is 23.6 Å². The van der Waals surface area contributed by atoms with E-state index in [1.807, 2.05) is 13.8 Å². The van der Waals surface area contributed by atoms with Gasteiger partial charge in [-0.15, -0.1) is 0 Å². The summed E-state index contributed by atoms with van der Waals surface area (Å²) in [5.74, 6) is 0.0663. The van der Waals surface area contributed by atoms with E-state index in [1.165, 1.54) is 0 Å². The maximum atomic E-state index is 12.1. The van der Waals surface area contributed by atoms with E-state index in [4.69, 9.17) is 0 Å². The van der Waals surface area contributed by atoms with Crippen molar-refractivity contribution in [1.29, 1.82) is 0 Å². The topological polar surface area (TPSA) is 78.0 Å². The first-order chi connectivity index (χ1) is 9.46. The summed E-state index contributed by atoms with van der Waals surface area (Å²) >= 11 is 0. The second-order valence-corrected chi connectivity index (χ2v) is 6.24. The first-order valence-electron chi connectivity index (χ1n) is 7.37. The van der Waals surface area contributed by atoms with Crippen molar-refractivity contribution in [2.75, 3.05) is 6.61 Å². The smallest absolute Gasteiger partial charge is 0.220 e. The van der Waals surface area contributed by atoms with Gasteiger partial charge in [0.1, 0.15) is 0 Å². The molecule has 3 N–H and O–H groups in total. The summed E-state index contributed by atoms with van der Waals surface area (Å²) < 4.78 is 0. The molecule has 1 fully saturated rings. The number of carbonyl (C=O) groups excluding carboxylic acids is 1. The number of aromatic nitrogens is 2. The first kappa shape index (κ1) is 15.0. The van der Waals surface area contributed by atoms with Gasteiger partial charge in [0.05, 0.1) is 12.3 Å². The fourth-order valence-electron chi connectivity index (χ4n) is 3.12. The highest BCUT2D eigenvalue weighted by Crippen LogP contribution is 2.37. The number of amides is 1. The third kappa shape index (κ3) is 3.03. The van der Waals surface area contributed by atoms with Crippen molar-refractivity contribution < 1.29 is 9.90 Å². The Hall–Kier alpha value is -1.36. The lowest BCUT2D eigenvalue weighted by molar-refractivity contribution is -0.122. The van der Waals surface area contributed by atoms with Gasteiger partial charge in [0.2, 0.25) is 5.91 Å². The van der Waals surface area contributed by atoms with E-state index in [2.05, 4.69) is 22.4 Å². The Balaban J connectivity index is 1.87. The molecule has 2 unspecified atom stereocenters. The molecular formula is C15H25N3O2. The molecule has 0 aliphatic heterocycles. The third-order valence-corrected chi connectivity index (χ3v) is 4.66. The molecule has 0 aromatic carbocycles. The molecule has 1 amide bonds. The molecule has 1 aliphatic rings. The van der Waals surface area contributed by atoms with E-state index < -0.39 is 0 Å². The molecular weight excluding hydrogens is 254 g/mol. The van der Waals surface area contributed by atoms with Crippen LogP contribution in [0.3, 0.4) is 0 Å². The van der Waals surface area contributed by atoms with Gasteiger partial charge in [0.25, 0.3) is 0 Å². The van der Waals surface area contributed by atoms with Crippen LogP contribution in [0.15, 0.2) is 0 Å². The number of hydrogen-bond donors (Lipinski definition) is 3. The molecule has 0 radical (unpaired) electrons. The Bertz CT molecular complexity index is 464. The van der Waals surface area contributed by atoms with Gasteiger partial charge in [0.15, 0.2) is 0 Å². The number of aliphatic hydroxyl groups is 1. The number of aryl methyl sites for hydroxylation is 2. The number of carbonyl (C=O) groups is 1. The Labute approximate surface area is 120 Å². The van der Waals surface area contributed by atoms with Crippen molar-refractivity contribution in [3.63, 3.8) is 0 Å². The lowest BCUT2D eigenvalue weighted by atomic mass is 9.85. The minimum Gasteiger partial charge on any atom is -0.396 e. The number of rotatable bonds is 5.